The van der Waals surface area contributed by atoms with Crippen LogP contribution in [0.5, 0.6) is 0 Å². The lowest BCUT2D eigenvalue weighted by molar-refractivity contribution is 0.781. The first kappa shape index (κ1) is 9.71. The van der Waals surface area contributed by atoms with Crippen molar-refractivity contribution in [2.75, 3.05) is 5.73 Å². The molecular formula is C11H14N4. The van der Waals surface area contributed by atoms with Crippen LogP contribution in [0.4, 0.5) is 5.95 Å². The number of hydrogen-bond donors (Lipinski definition) is 1. The zero-order valence-electron chi connectivity index (χ0n) is 8.94. The lowest BCUT2D eigenvalue weighted by Crippen LogP contribution is -1.97. The number of nitrogen functional groups attached to an aromatic ring is 1. The molecule has 0 radical (unpaired) electrons. The largest absolute Gasteiger partial charge is 0.368 e. The Balaban J connectivity index is 2.44. The van der Waals surface area contributed by atoms with Crippen molar-refractivity contribution in [1.82, 2.24) is 14.8 Å². The number of aryl methyl sites for hydroxylation is 2. The fourth-order valence-corrected chi connectivity index (χ4v) is 1.45. The second-order valence-corrected chi connectivity index (χ2v) is 3.47. The van der Waals surface area contributed by atoms with Crippen LogP contribution in [0.25, 0.3) is 11.4 Å². The van der Waals surface area contributed by atoms with E-state index >= 15 is 0 Å². The molecule has 1 aromatic carbocycles. The molecule has 0 atom stereocenters. The molecule has 4 nitrogen and oxygen atoms in total. The summed E-state index contributed by atoms with van der Waals surface area (Å²) in [5.74, 6) is 1.12. The van der Waals surface area contributed by atoms with Crippen LogP contribution >= 0.6 is 0 Å². The minimum absolute atomic E-state index is 0.437. The van der Waals surface area contributed by atoms with Crippen LogP contribution in [0.1, 0.15) is 12.5 Å². The maximum atomic E-state index is 5.64. The van der Waals surface area contributed by atoms with E-state index in [1.54, 1.807) is 11.7 Å². The van der Waals surface area contributed by atoms with Gasteiger partial charge in [0.15, 0.2) is 5.82 Å². The van der Waals surface area contributed by atoms with E-state index in [0.29, 0.717) is 11.8 Å². The van der Waals surface area contributed by atoms with E-state index in [0.717, 1.165) is 12.0 Å². The zero-order chi connectivity index (χ0) is 10.8. The molecule has 0 bridgehead atoms. The van der Waals surface area contributed by atoms with Gasteiger partial charge in [0.25, 0.3) is 0 Å². The summed E-state index contributed by atoms with van der Waals surface area (Å²) in [4.78, 5) is 4.19. The van der Waals surface area contributed by atoms with Crippen molar-refractivity contribution in [1.29, 1.82) is 0 Å². The number of anilines is 1. The average molecular weight is 202 g/mol. The van der Waals surface area contributed by atoms with Crippen molar-refractivity contribution < 1.29 is 0 Å². The Morgan fingerprint density at radius 1 is 1.40 bits per heavy atom. The summed E-state index contributed by atoms with van der Waals surface area (Å²) in [6.45, 7) is 2.12. The molecule has 0 spiro atoms. The highest BCUT2D eigenvalue weighted by Gasteiger charge is 2.06. The zero-order valence-corrected chi connectivity index (χ0v) is 8.94. The molecule has 2 aromatic rings. The second kappa shape index (κ2) is 3.73. The van der Waals surface area contributed by atoms with Gasteiger partial charge in [0.2, 0.25) is 5.95 Å². The molecule has 1 aromatic heterocycles. The lowest BCUT2D eigenvalue weighted by atomic mass is 10.1. The van der Waals surface area contributed by atoms with Gasteiger partial charge in [-0.1, -0.05) is 25.1 Å². The quantitative estimate of drug-likeness (QED) is 0.805. The van der Waals surface area contributed by atoms with E-state index in [1.807, 2.05) is 12.1 Å². The van der Waals surface area contributed by atoms with E-state index in [2.05, 4.69) is 29.1 Å². The number of hydrogen-bond acceptors (Lipinski definition) is 3. The van der Waals surface area contributed by atoms with Gasteiger partial charge >= 0.3 is 0 Å². The van der Waals surface area contributed by atoms with Gasteiger partial charge in [-0.05, 0) is 18.1 Å². The third-order valence-electron chi connectivity index (χ3n) is 2.39. The molecule has 78 valence electrons. The van der Waals surface area contributed by atoms with E-state index in [1.165, 1.54) is 5.56 Å². The Bertz CT molecular complexity index is 454. The highest BCUT2D eigenvalue weighted by molar-refractivity contribution is 5.57. The van der Waals surface area contributed by atoms with Gasteiger partial charge < -0.3 is 5.73 Å². The number of rotatable bonds is 2. The molecule has 1 heterocycles. The normalized spacial score (nSPS) is 10.5. The second-order valence-electron chi connectivity index (χ2n) is 3.47. The Hall–Kier alpha value is -1.84. The van der Waals surface area contributed by atoms with Crippen LogP contribution in [0, 0.1) is 0 Å². The predicted octanol–water partition coefficient (Wildman–Crippen LogP) is 1.63. The van der Waals surface area contributed by atoms with Gasteiger partial charge in [0, 0.05) is 12.6 Å². The third-order valence-corrected chi connectivity index (χ3v) is 2.39. The van der Waals surface area contributed by atoms with Crippen LogP contribution in [0.15, 0.2) is 24.3 Å². The van der Waals surface area contributed by atoms with Gasteiger partial charge in [-0.3, -0.25) is 0 Å². The Labute approximate surface area is 88.8 Å². The molecular weight excluding hydrogens is 188 g/mol. The van der Waals surface area contributed by atoms with Crippen molar-refractivity contribution >= 4 is 5.95 Å². The predicted molar refractivity (Wildman–Crippen MR) is 60.2 cm³/mol. The summed E-state index contributed by atoms with van der Waals surface area (Å²) in [6.07, 6.45) is 1.01. The summed E-state index contributed by atoms with van der Waals surface area (Å²) in [5, 5.41) is 4.24. The SMILES string of the molecule is CCc1cccc(-c2nc(N)n(C)n2)c1. The summed E-state index contributed by atoms with van der Waals surface area (Å²) < 4.78 is 1.58. The molecule has 0 saturated carbocycles. The van der Waals surface area contributed by atoms with Crippen LogP contribution in [-0.2, 0) is 13.5 Å². The van der Waals surface area contributed by atoms with E-state index in [4.69, 9.17) is 5.73 Å². The molecule has 0 fully saturated rings. The third kappa shape index (κ3) is 1.83. The van der Waals surface area contributed by atoms with Gasteiger partial charge in [-0.25, -0.2) is 4.68 Å². The van der Waals surface area contributed by atoms with Crippen molar-refractivity contribution in [2.24, 2.45) is 7.05 Å². The molecule has 15 heavy (non-hydrogen) atoms. The number of aromatic nitrogens is 3. The number of nitrogens with two attached hydrogens (primary N) is 1. The molecule has 0 aliphatic rings. The van der Waals surface area contributed by atoms with Crippen molar-refractivity contribution in [3.63, 3.8) is 0 Å². The molecule has 2 rings (SSSR count). The van der Waals surface area contributed by atoms with Gasteiger partial charge in [-0.2, -0.15) is 4.98 Å². The van der Waals surface area contributed by atoms with Crippen LogP contribution < -0.4 is 5.73 Å². The average Bonchev–Trinajstić information content (AvgIpc) is 2.59. The fourth-order valence-electron chi connectivity index (χ4n) is 1.45. The minimum Gasteiger partial charge on any atom is -0.368 e. The standard InChI is InChI=1S/C11H14N4/c1-3-8-5-4-6-9(7-8)10-13-11(12)15(2)14-10/h4-7H,3H2,1-2H3,(H2,12,13,14). The molecule has 0 saturated heterocycles. The maximum absolute atomic E-state index is 5.64. The molecule has 4 heteroatoms. The van der Waals surface area contributed by atoms with Crippen molar-refractivity contribution in [2.45, 2.75) is 13.3 Å². The molecule has 0 aliphatic carbocycles. The number of nitrogens with zero attached hydrogens (tertiary/aromatic N) is 3. The van der Waals surface area contributed by atoms with E-state index < -0.39 is 0 Å². The van der Waals surface area contributed by atoms with Gasteiger partial charge in [-0.15, -0.1) is 5.10 Å². The van der Waals surface area contributed by atoms with Crippen LogP contribution in [0.3, 0.4) is 0 Å². The number of benzene rings is 1. The smallest absolute Gasteiger partial charge is 0.218 e. The van der Waals surface area contributed by atoms with Crippen LogP contribution in [-0.4, -0.2) is 14.8 Å². The summed E-state index contributed by atoms with van der Waals surface area (Å²) in [6, 6.07) is 8.19. The summed E-state index contributed by atoms with van der Waals surface area (Å²) in [7, 11) is 1.79. The first-order chi connectivity index (χ1) is 7.20. The molecule has 0 amide bonds. The summed E-state index contributed by atoms with van der Waals surface area (Å²) in [5.41, 5.74) is 7.93. The Morgan fingerprint density at radius 3 is 2.80 bits per heavy atom. The van der Waals surface area contributed by atoms with Crippen LogP contribution in [0.2, 0.25) is 0 Å². The lowest BCUT2D eigenvalue weighted by Gasteiger charge is -1.98. The topological polar surface area (TPSA) is 56.7 Å². The van der Waals surface area contributed by atoms with Gasteiger partial charge in [0.1, 0.15) is 0 Å². The highest BCUT2D eigenvalue weighted by atomic mass is 15.4. The highest BCUT2D eigenvalue weighted by Crippen LogP contribution is 2.17. The van der Waals surface area contributed by atoms with E-state index in [9.17, 15) is 0 Å². The molecule has 2 N–H and O–H groups in total. The van der Waals surface area contributed by atoms with E-state index in [-0.39, 0.29) is 0 Å². The maximum Gasteiger partial charge on any atom is 0.218 e. The molecule has 0 unspecified atom stereocenters. The first-order valence-corrected chi connectivity index (χ1v) is 4.96. The monoisotopic (exact) mass is 202 g/mol. The Morgan fingerprint density at radius 2 is 2.20 bits per heavy atom. The fraction of sp³-hybridized carbons (Fsp3) is 0.273. The minimum atomic E-state index is 0.437. The van der Waals surface area contributed by atoms with Crippen molar-refractivity contribution in [3.8, 4) is 11.4 Å². The Kier molecular flexibility index (Phi) is 2.41. The first-order valence-electron chi connectivity index (χ1n) is 4.96. The molecule has 0 aliphatic heterocycles. The van der Waals surface area contributed by atoms with Crippen molar-refractivity contribution in [3.05, 3.63) is 29.8 Å². The summed E-state index contributed by atoms with van der Waals surface area (Å²) >= 11 is 0. The van der Waals surface area contributed by atoms with Gasteiger partial charge in [0.05, 0.1) is 0 Å².